The Morgan fingerprint density at radius 1 is 1.37 bits per heavy atom. The number of nitrogen functional groups attached to an aromatic ring is 1. The monoisotopic (exact) mass is 389 g/mol. The third-order valence-electron chi connectivity index (χ3n) is 4.19. The van der Waals surface area contributed by atoms with Gasteiger partial charge in [0.05, 0.1) is 13.7 Å². The van der Waals surface area contributed by atoms with Gasteiger partial charge in [-0.15, -0.1) is 11.3 Å². The molecule has 2 unspecified atom stereocenters. The number of nitrogens with two attached hydrogens (primary N) is 1. The largest absolute Gasteiger partial charge is 0.485 e. The molecule has 0 radical (unpaired) electrons. The van der Waals surface area contributed by atoms with E-state index in [1.165, 1.54) is 23.3 Å². The van der Waals surface area contributed by atoms with Gasteiger partial charge >= 0.3 is 12.1 Å². The summed E-state index contributed by atoms with van der Waals surface area (Å²) in [5.74, 6) is -0.115. The molecule has 1 aliphatic heterocycles. The first kappa shape index (κ1) is 18.7. The Hall–Kier alpha value is -3.07. The van der Waals surface area contributed by atoms with Crippen LogP contribution in [0, 0.1) is 5.41 Å². The second kappa shape index (κ2) is 7.67. The summed E-state index contributed by atoms with van der Waals surface area (Å²) in [7, 11) is 1.31. The number of benzene rings is 1. The second-order valence-corrected chi connectivity index (χ2v) is 6.70. The summed E-state index contributed by atoms with van der Waals surface area (Å²) >= 11 is 1.32. The zero-order valence-electron chi connectivity index (χ0n) is 14.8. The Labute approximate surface area is 159 Å². The molecular weight excluding hydrogens is 370 g/mol. The summed E-state index contributed by atoms with van der Waals surface area (Å²) in [6.45, 7) is 2.08. The van der Waals surface area contributed by atoms with Crippen LogP contribution in [-0.4, -0.2) is 43.8 Å². The summed E-state index contributed by atoms with van der Waals surface area (Å²) in [5.41, 5.74) is 7.01. The van der Waals surface area contributed by atoms with Gasteiger partial charge in [-0.1, -0.05) is 0 Å². The van der Waals surface area contributed by atoms with Gasteiger partial charge in [-0.2, -0.15) is 0 Å². The van der Waals surface area contributed by atoms with E-state index in [4.69, 9.17) is 25.4 Å². The standard InChI is InChI=1S/C18H19N3O5S/c1-10(25-15-9-27-8-13(15)17(22)24-2)14-7-21(18(23)26-14)12-5-3-11(4-6-12)16(19)20/h3-6,8-10,14H,7H2,1-2H3,(H3,19,20). The van der Waals surface area contributed by atoms with Crippen LogP contribution in [0.3, 0.4) is 0 Å². The first-order valence-electron chi connectivity index (χ1n) is 8.14. The molecule has 1 aromatic carbocycles. The Balaban J connectivity index is 1.69. The lowest BCUT2D eigenvalue weighted by atomic mass is 10.1. The minimum Gasteiger partial charge on any atom is -0.485 e. The Morgan fingerprint density at radius 3 is 2.70 bits per heavy atom. The quantitative estimate of drug-likeness (QED) is 0.446. The SMILES string of the molecule is COC(=O)c1cscc1OC(C)C1CN(c2ccc(C(=N)N)cc2)C(=O)O1. The van der Waals surface area contributed by atoms with Crippen LogP contribution in [0.15, 0.2) is 35.0 Å². The molecule has 1 amide bonds. The van der Waals surface area contributed by atoms with Crippen LogP contribution >= 0.6 is 11.3 Å². The van der Waals surface area contributed by atoms with Gasteiger partial charge in [-0.3, -0.25) is 10.3 Å². The molecule has 1 saturated heterocycles. The molecule has 1 fully saturated rings. The van der Waals surface area contributed by atoms with Gasteiger partial charge in [-0.25, -0.2) is 9.59 Å². The molecule has 0 aliphatic carbocycles. The van der Waals surface area contributed by atoms with Crippen molar-refractivity contribution in [2.75, 3.05) is 18.6 Å². The van der Waals surface area contributed by atoms with Gasteiger partial charge in [0.15, 0.2) is 6.10 Å². The van der Waals surface area contributed by atoms with E-state index in [1.54, 1.807) is 41.9 Å². The smallest absolute Gasteiger partial charge is 0.414 e. The van der Waals surface area contributed by atoms with Crippen molar-refractivity contribution in [3.05, 3.63) is 46.2 Å². The minimum absolute atomic E-state index is 0.0392. The molecule has 9 heteroatoms. The van der Waals surface area contributed by atoms with Crippen molar-refractivity contribution in [2.24, 2.45) is 5.73 Å². The Kier molecular flexibility index (Phi) is 5.31. The number of carbonyl (C=O) groups excluding carboxylic acids is 2. The van der Waals surface area contributed by atoms with Gasteiger partial charge in [0.2, 0.25) is 0 Å². The van der Waals surface area contributed by atoms with Crippen molar-refractivity contribution < 1.29 is 23.8 Å². The fourth-order valence-corrected chi connectivity index (χ4v) is 3.40. The average Bonchev–Trinajstić information content (AvgIpc) is 3.27. The molecule has 0 spiro atoms. The van der Waals surface area contributed by atoms with E-state index in [9.17, 15) is 9.59 Å². The number of carbonyl (C=O) groups is 2. The van der Waals surface area contributed by atoms with Crippen molar-refractivity contribution in [3.8, 4) is 5.75 Å². The molecule has 0 bridgehead atoms. The van der Waals surface area contributed by atoms with Crippen LogP contribution < -0.4 is 15.4 Å². The number of hydrogen-bond acceptors (Lipinski definition) is 7. The van der Waals surface area contributed by atoms with Crippen molar-refractivity contribution in [1.82, 2.24) is 0 Å². The van der Waals surface area contributed by atoms with E-state index in [-0.39, 0.29) is 5.84 Å². The van der Waals surface area contributed by atoms with E-state index in [0.717, 1.165) is 0 Å². The number of nitrogens with zero attached hydrogens (tertiary/aromatic N) is 1. The minimum atomic E-state index is -0.504. The topological polar surface area (TPSA) is 115 Å². The highest BCUT2D eigenvalue weighted by molar-refractivity contribution is 7.08. The number of amidine groups is 1. The van der Waals surface area contributed by atoms with E-state index in [0.29, 0.717) is 29.1 Å². The number of thiophene rings is 1. The lowest BCUT2D eigenvalue weighted by molar-refractivity contribution is 0.0517. The normalized spacial score (nSPS) is 17.3. The molecule has 27 heavy (non-hydrogen) atoms. The molecule has 8 nitrogen and oxygen atoms in total. The molecule has 3 N–H and O–H groups in total. The van der Waals surface area contributed by atoms with E-state index < -0.39 is 24.3 Å². The van der Waals surface area contributed by atoms with Crippen molar-refractivity contribution in [3.63, 3.8) is 0 Å². The van der Waals surface area contributed by atoms with Gasteiger partial charge in [0.25, 0.3) is 0 Å². The Bertz CT molecular complexity index is 864. The van der Waals surface area contributed by atoms with Crippen LogP contribution in [0.25, 0.3) is 0 Å². The highest BCUT2D eigenvalue weighted by Crippen LogP contribution is 2.29. The second-order valence-electron chi connectivity index (χ2n) is 5.96. The Morgan fingerprint density at radius 2 is 2.07 bits per heavy atom. The first-order valence-corrected chi connectivity index (χ1v) is 9.08. The molecule has 1 aromatic heterocycles. The summed E-state index contributed by atoms with van der Waals surface area (Å²) in [5, 5.41) is 10.8. The number of cyclic esters (lactones) is 1. The number of amides is 1. The van der Waals surface area contributed by atoms with E-state index in [1.807, 2.05) is 0 Å². The number of nitrogens with one attached hydrogen (secondary N) is 1. The predicted octanol–water partition coefficient (Wildman–Crippen LogP) is 2.61. The maximum absolute atomic E-state index is 12.2. The number of methoxy groups -OCH3 is 1. The summed E-state index contributed by atoms with van der Waals surface area (Å²) < 4.78 is 16.0. The molecule has 2 heterocycles. The zero-order chi connectivity index (χ0) is 19.6. The highest BCUT2D eigenvalue weighted by atomic mass is 32.1. The lowest BCUT2D eigenvalue weighted by Crippen LogP contribution is -2.33. The molecule has 2 aromatic rings. The van der Waals surface area contributed by atoms with Gasteiger partial charge in [-0.05, 0) is 31.2 Å². The lowest BCUT2D eigenvalue weighted by Gasteiger charge is -2.19. The number of esters is 1. The molecule has 0 saturated carbocycles. The van der Waals surface area contributed by atoms with Gasteiger partial charge < -0.3 is 19.9 Å². The van der Waals surface area contributed by atoms with Crippen LogP contribution in [0.4, 0.5) is 10.5 Å². The number of ether oxygens (including phenoxy) is 3. The highest BCUT2D eigenvalue weighted by Gasteiger charge is 2.37. The first-order chi connectivity index (χ1) is 12.9. The number of anilines is 1. The van der Waals surface area contributed by atoms with Gasteiger partial charge in [0.1, 0.15) is 23.3 Å². The van der Waals surface area contributed by atoms with Crippen molar-refractivity contribution in [2.45, 2.75) is 19.1 Å². The third kappa shape index (κ3) is 3.87. The maximum atomic E-state index is 12.2. The summed E-state index contributed by atoms with van der Waals surface area (Å²) in [6.07, 6.45) is -1.45. The molecule has 3 rings (SSSR count). The average molecular weight is 389 g/mol. The van der Waals surface area contributed by atoms with E-state index >= 15 is 0 Å². The number of rotatable bonds is 6. The maximum Gasteiger partial charge on any atom is 0.414 e. The van der Waals surface area contributed by atoms with Crippen molar-refractivity contribution >= 4 is 34.9 Å². The number of hydrogen-bond donors (Lipinski definition) is 2. The zero-order valence-corrected chi connectivity index (χ0v) is 15.6. The van der Waals surface area contributed by atoms with Crippen molar-refractivity contribution in [1.29, 1.82) is 5.41 Å². The summed E-state index contributed by atoms with van der Waals surface area (Å²) in [6, 6.07) is 6.76. The fourth-order valence-electron chi connectivity index (χ4n) is 2.67. The van der Waals surface area contributed by atoms with Crippen LogP contribution in [0.2, 0.25) is 0 Å². The van der Waals surface area contributed by atoms with Crippen LogP contribution in [0.5, 0.6) is 5.75 Å². The summed E-state index contributed by atoms with van der Waals surface area (Å²) in [4.78, 5) is 25.5. The molecule has 1 aliphatic rings. The van der Waals surface area contributed by atoms with Gasteiger partial charge in [0, 0.05) is 22.0 Å². The molecular formula is C18H19N3O5S. The van der Waals surface area contributed by atoms with Crippen LogP contribution in [0.1, 0.15) is 22.8 Å². The predicted molar refractivity (Wildman–Crippen MR) is 101 cm³/mol. The van der Waals surface area contributed by atoms with Crippen LogP contribution in [-0.2, 0) is 9.47 Å². The molecule has 142 valence electrons. The molecule has 2 atom stereocenters. The fraction of sp³-hybridized carbons (Fsp3) is 0.278. The van der Waals surface area contributed by atoms with E-state index in [2.05, 4.69) is 0 Å². The third-order valence-corrected chi connectivity index (χ3v) is 4.92.